The zero-order valence-corrected chi connectivity index (χ0v) is 97.9. The van der Waals surface area contributed by atoms with Crippen LogP contribution >= 0.6 is 0 Å². The lowest BCUT2D eigenvalue weighted by Crippen LogP contribution is -2.83. The van der Waals surface area contributed by atoms with Gasteiger partial charge in [-0.05, 0) is 217 Å². The lowest BCUT2D eigenvalue weighted by molar-refractivity contribution is 0.157. The molecule has 11 rings (SSSR count). The average molecular weight is 2050 g/mol. The Balaban J connectivity index is 1.25. The number of benzene rings is 11. The van der Waals surface area contributed by atoms with Gasteiger partial charge in [0.15, 0.2) is 59.7 Å². The van der Waals surface area contributed by atoms with Gasteiger partial charge in [-0.15, -0.1) is 0 Å². The number of rotatable bonds is 56. The summed E-state index contributed by atoms with van der Waals surface area (Å²) >= 11 is 0. The molecule has 0 amide bonds. The number of hydrogen-bond acceptors (Lipinski definition) is 15. The van der Waals surface area contributed by atoms with Crippen LogP contribution in [-0.2, 0) is 54.4 Å². The monoisotopic (exact) mass is 2050 g/mol. The van der Waals surface area contributed by atoms with E-state index in [0.717, 1.165) is 65.2 Å². The summed E-state index contributed by atoms with van der Waals surface area (Å²) in [4.78, 5) is 26.2. The first-order chi connectivity index (χ1) is 63.4. The minimum Gasteiger partial charge on any atom is -0.422 e. The van der Waals surface area contributed by atoms with E-state index in [1.54, 1.807) is 0 Å². The molecule has 2 N–H and O–H groups in total. The van der Waals surface area contributed by atoms with Crippen LogP contribution in [0.3, 0.4) is 0 Å². The smallest absolute Gasteiger partial charge is 0.422 e. The largest absolute Gasteiger partial charge is 0.487 e. The maximum atomic E-state index is 13.1. The van der Waals surface area contributed by atoms with Crippen LogP contribution in [0.4, 0.5) is 0 Å². The van der Waals surface area contributed by atoms with E-state index >= 15 is 0 Å². The van der Waals surface area contributed by atoms with Crippen molar-refractivity contribution in [2.24, 2.45) is 0 Å². The third-order valence-corrected chi connectivity index (χ3v) is 81.9. The molecule has 0 bridgehead atoms. The zero-order chi connectivity index (χ0) is 95.6. The molecule has 0 spiro atoms. The van der Waals surface area contributed by atoms with E-state index < -0.39 is 129 Å². The minimum atomic E-state index is -4.77. The number of hydrogen-bond donors (Lipinski definition) is 2. The van der Waals surface area contributed by atoms with E-state index in [2.05, 4.69) is 460 Å². The first-order valence-electron chi connectivity index (χ1n) is 48.4. The van der Waals surface area contributed by atoms with Gasteiger partial charge in [-0.3, -0.25) is 0 Å². The molecule has 0 radical (unpaired) electrons. The molecule has 133 heavy (non-hydrogen) atoms. The molecule has 0 fully saturated rings. The molecule has 0 aliphatic rings. The second kappa shape index (κ2) is 48.8. The van der Waals surface area contributed by atoms with Gasteiger partial charge in [0.25, 0.3) is 16.6 Å². The molecule has 11 aromatic carbocycles. The zero-order valence-electron chi connectivity index (χ0n) is 82.6. The summed E-state index contributed by atoms with van der Waals surface area (Å²) in [7, 11) is -53.1. The topological polar surface area (TPSA) is 160 Å². The van der Waals surface area contributed by atoms with Crippen LogP contribution in [0.2, 0.25) is 152 Å². The molecule has 5 atom stereocenters. The third-order valence-electron chi connectivity index (χ3n) is 24.3. The van der Waals surface area contributed by atoms with Gasteiger partial charge < -0.3 is 64.0 Å². The van der Waals surface area contributed by atoms with Crippen molar-refractivity contribution in [1.29, 1.82) is 0 Å². The van der Waals surface area contributed by atoms with Crippen molar-refractivity contribution >= 4 is 175 Å². The Morgan fingerprint density at radius 1 is 0.248 bits per heavy atom. The van der Waals surface area contributed by atoms with Crippen LogP contribution in [0.25, 0.3) is 0 Å². The van der Waals surface area contributed by atoms with Crippen LogP contribution in [0, 0.1) is 0 Å². The summed E-state index contributed by atoms with van der Waals surface area (Å²) in [5.41, 5.74) is 2.55. The molecule has 0 saturated heterocycles. The molecule has 0 saturated carbocycles. The van der Waals surface area contributed by atoms with Crippen LogP contribution in [0.15, 0.2) is 334 Å². The van der Waals surface area contributed by atoms with Gasteiger partial charge in [0.2, 0.25) is 0 Å². The van der Waals surface area contributed by atoms with E-state index in [1.807, 2.05) is 0 Å². The van der Waals surface area contributed by atoms with Crippen molar-refractivity contribution in [2.45, 2.75) is 218 Å². The predicted molar refractivity (Wildman–Crippen MR) is 588 cm³/mol. The van der Waals surface area contributed by atoms with Crippen LogP contribution in [0.1, 0.15) is 76.8 Å². The molecule has 0 aliphatic carbocycles. The van der Waals surface area contributed by atoms with Crippen molar-refractivity contribution < 1.29 is 64.0 Å². The van der Waals surface area contributed by atoms with Crippen molar-refractivity contribution in [3.05, 3.63) is 345 Å². The Bertz CT molecular complexity index is 4870. The molecule has 0 aliphatic heterocycles. The summed E-state index contributed by atoms with van der Waals surface area (Å²) in [6.45, 7) is 43.8. The standard InChI is InChI=1S/C103H150O15Si15/c1-20-78-106-127(104,109-119(6)7)85-81-121(10,11)111-130(112-122(12,13)82-86-128(105,107-79-21-2)110-120(8)9,113-123(14,15)83-87-129(108-80-22-3,114-124(16,17)89-91(4)93-56-34-23-35-57-93)115-125(18,19)90-92(5)94-58-36-24-37-59-94)88-84-126(95-60-38-25-39-61-95,116-131(96-62-40-26-41-63-96,97-64-42-27-43-65-97)98-66-44-28-45-67-98)117-133(102-74-52-32-53-75-102,103-76-54-33-55-77-103)118-132(99-68-46-29-47-69-99,100-70-48-30-49-71-100)101-72-50-31-51-73-101/h23-77,91-92,104-105,119-120H,20-22,78-90H2,1-19H3. The van der Waals surface area contributed by atoms with Crippen LogP contribution in [0.5, 0.6) is 0 Å². The van der Waals surface area contributed by atoms with Gasteiger partial charge in [0, 0.05) is 44.0 Å². The van der Waals surface area contributed by atoms with Gasteiger partial charge in [0.1, 0.15) is 0 Å². The molecule has 15 nitrogen and oxygen atoms in total. The average Bonchev–Trinajstić information content (AvgIpc) is 0.708. The normalized spacial score (nSPS) is 15.6. The lowest BCUT2D eigenvalue weighted by atomic mass is 10.0. The third kappa shape index (κ3) is 29.8. The Morgan fingerprint density at radius 2 is 0.489 bits per heavy atom. The van der Waals surface area contributed by atoms with Crippen molar-refractivity contribution in [3.8, 4) is 0 Å². The highest BCUT2D eigenvalue weighted by Crippen LogP contribution is 2.43. The highest BCUT2D eigenvalue weighted by Gasteiger charge is 2.65. The van der Waals surface area contributed by atoms with E-state index in [4.69, 9.17) is 42.1 Å². The minimum absolute atomic E-state index is 0.163. The van der Waals surface area contributed by atoms with Crippen LogP contribution < -0.4 is 46.7 Å². The van der Waals surface area contributed by atoms with Gasteiger partial charge in [-0.2, -0.15) is 0 Å². The molecule has 0 heterocycles. The molecule has 712 valence electrons. The van der Waals surface area contributed by atoms with Crippen LogP contribution in [-0.4, -0.2) is 158 Å². The highest BCUT2D eigenvalue weighted by atomic mass is 28.5. The molecule has 0 aromatic heterocycles. The van der Waals surface area contributed by atoms with E-state index in [1.165, 1.54) is 11.1 Å². The highest BCUT2D eigenvalue weighted by molar-refractivity contribution is 7.16. The SMILES string of the molecule is CCCO[Si](O)(CC[Si](C)(C)O[Si](CC[Si](O[Si](O[Si](c1ccccc1)(c1ccccc1)c1ccccc1)(c1ccccc1)c1ccccc1)(O[Si](c1ccccc1)(c1ccccc1)c1ccccc1)c1ccccc1)(O[Si](C)(C)CC[Si](O)(OCCC)O[SiH](C)C)O[Si](C)(C)CC[Si](OCCC)(O[Si](C)(C)CC(C)c1ccccc1)O[Si](C)(C)CC(C)c1ccccc1)O[SiH](C)C. The maximum Gasteiger partial charge on any atom is 0.487 e. The summed E-state index contributed by atoms with van der Waals surface area (Å²) < 4.78 is 106. The Kier molecular flexibility index (Phi) is 39.4. The van der Waals surface area contributed by atoms with E-state index in [-0.39, 0.29) is 36.0 Å². The Hall–Kier alpha value is -5.93. The fourth-order valence-electron chi connectivity index (χ4n) is 18.5. The first-order valence-corrected chi connectivity index (χ1v) is 85.0. The van der Waals surface area contributed by atoms with Crippen molar-refractivity contribution in [3.63, 3.8) is 0 Å². The Morgan fingerprint density at radius 3 is 0.774 bits per heavy atom. The molecule has 30 heteroatoms. The Labute approximate surface area is 815 Å². The molecule has 5 unspecified atom stereocenters. The quantitative estimate of drug-likeness (QED) is 0.0274. The van der Waals surface area contributed by atoms with Gasteiger partial charge in [0.05, 0.1) is 0 Å². The van der Waals surface area contributed by atoms with E-state index in [9.17, 15) is 21.9 Å². The lowest BCUT2D eigenvalue weighted by Gasteiger charge is -2.51. The maximum absolute atomic E-state index is 13.1. The molecular weight excluding hydrogens is 1900 g/mol. The fraction of sp³-hybridized carbons (Fsp3) is 0.359. The molecular formula is C103H150O15Si15. The predicted octanol–water partition coefficient (Wildman–Crippen LogP) is 19.7. The van der Waals surface area contributed by atoms with Crippen molar-refractivity contribution in [1.82, 2.24) is 0 Å². The summed E-state index contributed by atoms with van der Waals surface area (Å²) in [6.07, 6.45) is 2.18. The summed E-state index contributed by atoms with van der Waals surface area (Å²) in [6, 6.07) is 124. The van der Waals surface area contributed by atoms with E-state index in [0.29, 0.717) is 56.8 Å². The second-order valence-electron chi connectivity index (χ2n) is 39.3. The first kappa shape index (κ1) is 107. The summed E-state index contributed by atoms with van der Waals surface area (Å²) in [5, 5.41) is 8.83. The second-order valence-corrected chi connectivity index (χ2v) is 91.5. The van der Waals surface area contributed by atoms with Crippen molar-refractivity contribution in [2.75, 3.05) is 19.8 Å². The van der Waals surface area contributed by atoms with Gasteiger partial charge in [-0.1, -0.05) is 368 Å². The fourth-order valence-corrected chi connectivity index (χ4v) is 89.9. The van der Waals surface area contributed by atoms with Gasteiger partial charge in [-0.25, -0.2) is 0 Å². The van der Waals surface area contributed by atoms with Gasteiger partial charge >= 0.3 is 52.3 Å². The summed E-state index contributed by atoms with van der Waals surface area (Å²) in [5.74, 6) is 0.403. The molecule has 11 aromatic rings.